The normalized spacial score (nSPS) is 10.3. The minimum absolute atomic E-state index is 0.703. The number of rotatable bonds is 1. The molecule has 0 aliphatic carbocycles. The van der Waals surface area contributed by atoms with Crippen LogP contribution in [0.3, 0.4) is 0 Å². The van der Waals surface area contributed by atoms with Gasteiger partial charge in [-0.2, -0.15) is 0 Å². The molecule has 0 N–H and O–H groups in total. The molecule has 13 heavy (non-hydrogen) atoms. The van der Waals surface area contributed by atoms with Gasteiger partial charge >= 0.3 is 0 Å². The molecule has 0 radical (unpaired) electrons. The lowest BCUT2D eigenvalue weighted by Gasteiger charge is -1.97. The second-order valence-corrected chi connectivity index (χ2v) is 3.89. The Hall–Kier alpha value is -0.840. The van der Waals surface area contributed by atoms with Gasteiger partial charge in [0, 0.05) is 16.1 Å². The molecule has 2 rings (SSSR count). The minimum atomic E-state index is 0.703. The summed E-state index contributed by atoms with van der Waals surface area (Å²) in [5.41, 5.74) is 1.10. The Morgan fingerprint density at radius 1 is 1.31 bits per heavy atom. The van der Waals surface area contributed by atoms with Crippen LogP contribution in [0.1, 0.15) is 5.89 Å². The maximum absolute atomic E-state index is 5.43. The first-order chi connectivity index (χ1) is 6.27. The van der Waals surface area contributed by atoms with Crippen molar-refractivity contribution < 1.29 is 4.42 Å². The Bertz CT molecular complexity index is 422. The van der Waals surface area contributed by atoms with Crippen molar-refractivity contribution in [2.75, 3.05) is 0 Å². The SMILES string of the molecule is Cc1ncc(-c2ccccc2I)o1. The van der Waals surface area contributed by atoms with Crippen LogP contribution in [0.2, 0.25) is 0 Å². The standard InChI is InChI=1S/C10H8INO/c1-7-12-6-10(13-7)8-4-2-3-5-9(8)11/h2-6H,1H3. The fourth-order valence-corrected chi connectivity index (χ4v) is 1.80. The van der Waals surface area contributed by atoms with E-state index in [0.29, 0.717) is 5.89 Å². The summed E-state index contributed by atoms with van der Waals surface area (Å²) in [6.45, 7) is 1.85. The first kappa shape index (κ1) is 8.74. The highest BCUT2D eigenvalue weighted by Crippen LogP contribution is 2.25. The van der Waals surface area contributed by atoms with E-state index in [-0.39, 0.29) is 0 Å². The van der Waals surface area contributed by atoms with E-state index in [2.05, 4.69) is 27.6 Å². The Labute approximate surface area is 90.1 Å². The number of aryl methyl sites for hydroxylation is 1. The number of aromatic nitrogens is 1. The van der Waals surface area contributed by atoms with E-state index >= 15 is 0 Å². The van der Waals surface area contributed by atoms with Gasteiger partial charge in [0.2, 0.25) is 0 Å². The maximum Gasteiger partial charge on any atom is 0.191 e. The first-order valence-electron chi connectivity index (χ1n) is 3.95. The molecule has 0 unspecified atom stereocenters. The highest BCUT2D eigenvalue weighted by Gasteiger charge is 2.05. The predicted octanol–water partition coefficient (Wildman–Crippen LogP) is 3.25. The fraction of sp³-hybridized carbons (Fsp3) is 0.100. The summed E-state index contributed by atoms with van der Waals surface area (Å²) in [4.78, 5) is 4.06. The molecule has 1 aromatic heterocycles. The molecule has 66 valence electrons. The van der Waals surface area contributed by atoms with E-state index < -0.39 is 0 Å². The zero-order valence-electron chi connectivity index (χ0n) is 7.12. The van der Waals surface area contributed by atoms with Crippen molar-refractivity contribution in [2.24, 2.45) is 0 Å². The average molecular weight is 285 g/mol. The molecule has 0 amide bonds. The third-order valence-corrected chi connectivity index (χ3v) is 2.70. The molecule has 2 aromatic rings. The van der Waals surface area contributed by atoms with Gasteiger partial charge in [-0.15, -0.1) is 0 Å². The van der Waals surface area contributed by atoms with Gasteiger partial charge in [-0.1, -0.05) is 18.2 Å². The number of nitrogens with zero attached hydrogens (tertiary/aromatic N) is 1. The first-order valence-corrected chi connectivity index (χ1v) is 5.02. The Balaban J connectivity index is 2.52. The van der Waals surface area contributed by atoms with Gasteiger partial charge in [0.25, 0.3) is 0 Å². The van der Waals surface area contributed by atoms with Gasteiger partial charge < -0.3 is 4.42 Å². The van der Waals surface area contributed by atoms with Gasteiger partial charge in [0.1, 0.15) is 0 Å². The van der Waals surface area contributed by atoms with Crippen molar-refractivity contribution >= 4 is 22.6 Å². The van der Waals surface area contributed by atoms with Crippen LogP contribution in [0.25, 0.3) is 11.3 Å². The van der Waals surface area contributed by atoms with Gasteiger partial charge in [-0.05, 0) is 28.7 Å². The second kappa shape index (κ2) is 3.49. The van der Waals surface area contributed by atoms with Crippen LogP contribution in [0.15, 0.2) is 34.9 Å². The van der Waals surface area contributed by atoms with E-state index in [9.17, 15) is 0 Å². The summed E-state index contributed by atoms with van der Waals surface area (Å²) in [7, 11) is 0. The summed E-state index contributed by atoms with van der Waals surface area (Å²) < 4.78 is 6.61. The van der Waals surface area contributed by atoms with Crippen molar-refractivity contribution in [3.63, 3.8) is 0 Å². The van der Waals surface area contributed by atoms with Crippen molar-refractivity contribution in [2.45, 2.75) is 6.92 Å². The second-order valence-electron chi connectivity index (χ2n) is 2.72. The lowest BCUT2D eigenvalue weighted by Crippen LogP contribution is -1.78. The molecule has 0 fully saturated rings. The quantitative estimate of drug-likeness (QED) is 0.752. The highest BCUT2D eigenvalue weighted by molar-refractivity contribution is 14.1. The molecule has 0 saturated heterocycles. The molecule has 0 aliphatic heterocycles. The van der Waals surface area contributed by atoms with Crippen molar-refractivity contribution in [3.8, 4) is 11.3 Å². The summed E-state index contributed by atoms with van der Waals surface area (Å²) in [6.07, 6.45) is 1.76. The topological polar surface area (TPSA) is 26.0 Å². The van der Waals surface area contributed by atoms with Crippen LogP contribution in [0, 0.1) is 10.5 Å². The summed E-state index contributed by atoms with van der Waals surface area (Å²) >= 11 is 2.29. The van der Waals surface area contributed by atoms with Crippen LogP contribution in [-0.2, 0) is 0 Å². The zero-order valence-corrected chi connectivity index (χ0v) is 9.28. The summed E-state index contributed by atoms with van der Waals surface area (Å²) in [5.74, 6) is 1.54. The highest BCUT2D eigenvalue weighted by atomic mass is 127. The average Bonchev–Trinajstić information content (AvgIpc) is 2.53. The van der Waals surface area contributed by atoms with E-state index in [1.165, 1.54) is 3.57 Å². The van der Waals surface area contributed by atoms with Gasteiger partial charge in [-0.3, -0.25) is 0 Å². The molecule has 0 atom stereocenters. The molecule has 0 bridgehead atoms. The zero-order chi connectivity index (χ0) is 9.26. The molecular weight excluding hydrogens is 277 g/mol. The van der Waals surface area contributed by atoms with Crippen LogP contribution in [0.4, 0.5) is 0 Å². The van der Waals surface area contributed by atoms with Gasteiger partial charge in [0.05, 0.1) is 6.20 Å². The largest absolute Gasteiger partial charge is 0.441 e. The molecule has 0 aliphatic rings. The molecule has 3 heteroatoms. The molecule has 1 aromatic carbocycles. The Kier molecular flexibility index (Phi) is 2.35. The molecule has 1 heterocycles. The third kappa shape index (κ3) is 1.75. The molecular formula is C10H8INO. The smallest absolute Gasteiger partial charge is 0.191 e. The lowest BCUT2D eigenvalue weighted by molar-refractivity contribution is 0.534. The fourth-order valence-electron chi connectivity index (χ4n) is 1.15. The van der Waals surface area contributed by atoms with E-state index in [1.807, 2.05) is 31.2 Å². The van der Waals surface area contributed by atoms with Gasteiger partial charge in [-0.25, -0.2) is 4.98 Å². The maximum atomic E-state index is 5.43. The van der Waals surface area contributed by atoms with Crippen LogP contribution in [-0.4, -0.2) is 4.98 Å². The number of benzene rings is 1. The van der Waals surface area contributed by atoms with Crippen LogP contribution < -0.4 is 0 Å². The van der Waals surface area contributed by atoms with E-state index in [1.54, 1.807) is 6.20 Å². The third-order valence-electron chi connectivity index (χ3n) is 1.76. The molecule has 0 saturated carbocycles. The van der Waals surface area contributed by atoms with Crippen LogP contribution >= 0.6 is 22.6 Å². The molecule has 0 spiro atoms. The molecule has 2 nitrogen and oxygen atoms in total. The lowest BCUT2D eigenvalue weighted by atomic mass is 10.2. The van der Waals surface area contributed by atoms with Crippen molar-refractivity contribution in [1.29, 1.82) is 0 Å². The Morgan fingerprint density at radius 2 is 2.08 bits per heavy atom. The Morgan fingerprint density at radius 3 is 2.69 bits per heavy atom. The number of oxazole rings is 1. The number of hydrogen-bond acceptors (Lipinski definition) is 2. The summed E-state index contributed by atoms with van der Waals surface area (Å²) in [6, 6.07) is 8.08. The monoisotopic (exact) mass is 285 g/mol. The van der Waals surface area contributed by atoms with E-state index in [4.69, 9.17) is 4.42 Å². The van der Waals surface area contributed by atoms with Crippen molar-refractivity contribution in [3.05, 3.63) is 39.9 Å². The van der Waals surface area contributed by atoms with Crippen molar-refractivity contribution in [1.82, 2.24) is 4.98 Å². The van der Waals surface area contributed by atoms with Gasteiger partial charge in [0.15, 0.2) is 11.7 Å². The number of hydrogen-bond donors (Lipinski definition) is 0. The number of halogens is 1. The minimum Gasteiger partial charge on any atom is -0.441 e. The van der Waals surface area contributed by atoms with Crippen LogP contribution in [0.5, 0.6) is 0 Å². The summed E-state index contributed by atoms with van der Waals surface area (Å²) in [5, 5.41) is 0. The van der Waals surface area contributed by atoms with E-state index in [0.717, 1.165) is 11.3 Å². The predicted molar refractivity (Wildman–Crippen MR) is 59.4 cm³/mol.